The lowest BCUT2D eigenvalue weighted by Gasteiger charge is -2.15. The highest BCUT2D eigenvalue weighted by Gasteiger charge is 2.26. The van der Waals surface area contributed by atoms with E-state index < -0.39 is 40.4 Å². The predicted molar refractivity (Wildman–Crippen MR) is 54.0 cm³/mol. The summed E-state index contributed by atoms with van der Waals surface area (Å²) in [4.78, 5) is 0. The van der Waals surface area contributed by atoms with Gasteiger partial charge in [-0.1, -0.05) is 20.3 Å². The van der Waals surface area contributed by atoms with Gasteiger partial charge in [0.05, 0.1) is 0 Å². The zero-order valence-corrected chi connectivity index (χ0v) is 9.08. The van der Waals surface area contributed by atoms with E-state index >= 15 is 0 Å². The van der Waals surface area contributed by atoms with E-state index in [1.54, 1.807) is 6.92 Å². The Morgan fingerprint density at radius 3 is 2.06 bits per heavy atom. The van der Waals surface area contributed by atoms with Gasteiger partial charge in [-0.15, -0.1) is 0 Å². The summed E-state index contributed by atoms with van der Waals surface area (Å²) >= 11 is 0. The number of benzene rings is 1. The fourth-order valence-corrected chi connectivity index (χ4v) is 1.68. The molecule has 1 rings (SSSR count). The minimum atomic E-state index is -1.71. The largest absolute Gasteiger partial charge is 0.394 e. The Hall–Kier alpha value is -1.26. The van der Waals surface area contributed by atoms with Crippen LogP contribution in [0, 0.1) is 23.3 Å². The maximum Gasteiger partial charge on any atom is 0.197 e. The molecule has 1 unspecified atom stereocenters. The molecule has 5 heteroatoms. The van der Waals surface area contributed by atoms with Gasteiger partial charge in [0.1, 0.15) is 5.69 Å². The fourth-order valence-electron chi connectivity index (χ4n) is 1.68. The van der Waals surface area contributed by atoms with E-state index in [4.69, 9.17) is 5.73 Å². The molecule has 0 aliphatic rings. The third kappa shape index (κ3) is 1.99. The van der Waals surface area contributed by atoms with Crippen molar-refractivity contribution in [3.05, 3.63) is 28.8 Å². The molecule has 0 aromatic heterocycles. The Morgan fingerprint density at radius 2 is 1.56 bits per heavy atom. The van der Waals surface area contributed by atoms with Gasteiger partial charge in [0.15, 0.2) is 23.3 Å². The minimum absolute atomic E-state index is 0.471. The highest BCUT2D eigenvalue weighted by Crippen LogP contribution is 2.32. The van der Waals surface area contributed by atoms with Crippen LogP contribution in [-0.4, -0.2) is 0 Å². The molecular weight excluding hydrogens is 222 g/mol. The van der Waals surface area contributed by atoms with E-state index in [-0.39, 0.29) is 0 Å². The van der Waals surface area contributed by atoms with Crippen LogP contribution in [0.15, 0.2) is 0 Å². The number of nitrogen functional groups attached to an aromatic ring is 1. The van der Waals surface area contributed by atoms with Crippen molar-refractivity contribution in [3.8, 4) is 0 Å². The summed E-state index contributed by atoms with van der Waals surface area (Å²) in [6.45, 7) is 3.37. The van der Waals surface area contributed by atoms with E-state index in [2.05, 4.69) is 0 Å². The standard InChI is InChI=1S/C11H13F4N/c1-3-4-5(2)6-7(12)9(14)10(15)11(16)8(6)13/h5H,3-4,16H2,1-2H3. The van der Waals surface area contributed by atoms with Crippen LogP contribution in [0.3, 0.4) is 0 Å². The minimum Gasteiger partial charge on any atom is -0.394 e. The van der Waals surface area contributed by atoms with Gasteiger partial charge in [-0.05, 0) is 12.3 Å². The Bertz CT molecular complexity index is 374. The fraction of sp³-hybridized carbons (Fsp3) is 0.455. The third-order valence-corrected chi connectivity index (χ3v) is 2.55. The van der Waals surface area contributed by atoms with E-state index in [1.807, 2.05) is 6.92 Å². The Balaban J connectivity index is 3.39. The van der Waals surface area contributed by atoms with Gasteiger partial charge in [-0.25, -0.2) is 17.6 Å². The van der Waals surface area contributed by atoms with Gasteiger partial charge >= 0.3 is 0 Å². The molecule has 0 saturated carbocycles. The molecular formula is C11H13F4N. The Morgan fingerprint density at radius 1 is 1.00 bits per heavy atom. The average Bonchev–Trinajstić information content (AvgIpc) is 2.24. The van der Waals surface area contributed by atoms with Gasteiger partial charge in [0.25, 0.3) is 0 Å². The summed E-state index contributed by atoms with van der Waals surface area (Å²) < 4.78 is 52.8. The zero-order chi connectivity index (χ0) is 12.5. The molecule has 0 saturated heterocycles. The molecule has 1 atom stereocenters. The lowest BCUT2D eigenvalue weighted by atomic mass is 9.94. The zero-order valence-electron chi connectivity index (χ0n) is 9.08. The maximum absolute atomic E-state index is 13.5. The first kappa shape index (κ1) is 12.8. The van der Waals surface area contributed by atoms with Crippen molar-refractivity contribution in [2.45, 2.75) is 32.6 Å². The number of halogens is 4. The highest BCUT2D eigenvalue weighted by atomic mass is 19.2. The summed E-state index contributed by atoms with van der Waals surface area (Å²) in [6.07, 6.45) is 1.15. The molecule has 0 amide bonds. The number of rotatable bonds is 3. The molecule has 2 N–H and O–H groups in total. The molecule has 90 valence electrons. The Labute approximate surface area is 91.3 Å². The van der Waals surface area contributed by atoms with Crippen LogP contribution in [-0.2, 0) is 0 Å². The summed E-state index contributed by atoms with van der Waals surface area (Å²) in [7, 11) is 0. The van der Waals surface area contributed by atoms with Crippen molar-refractivity contribution < 1.29 is 17.6 Å². The smallest absolute Gasteiger partial charge is 0.197 e. The molecule has 0 radical (unpaired) electrons. The van der Waals surface area contributed by atoms with Crippen molar-refractivity contribution >= 4 is 5.69 Å². The third-order valence-electron chi connectivity index (χ3n) is 2.55. The van der Waals surface area contributed by atoms with E-state index in [0.717, 1.165) is 0 Å². The molecule has 1 aromatic carbocycles. The van der Waals surface area contributed by atoms with Crippen molar-refractivity contribution in [1.82, 2.24) is 0 Å². The molecule has 0 fully saturated rings. The summed E-state index contributed by atoms with van der Waals surface area (Å²) in [6, 6.07) is 0. The van der Waals surface area contributed by atoms with E-state index in [1.165, 1.54) is 0 Å². The van der Waals surface area contributed by atoms with E-state index in [0.29, 0.717) is 12.8 Å². The van der Waals surface area contributed by atoms with Gasteiger partial charge in [0, 0.05) is 5.56 Å². The predicted octanol–water partition coefficient (Wildman–Crippen LogP) is 3.73. The molecule has 1 nitrogen and oxygen atoms in total. The van der Waals surface area contributed by atoms with Crippen LogP contribution in [0.2, 0.25) is 0 Å². The van der Waals surface area contributed by atoms with Crippen molar-refractivity contribution in [2.24, 2.45) is 0 Å². The van der Waals surface area contributed by atoms with Crippen molar-refractivity contribution in [2.75, 3.05) is 5.73 Å². The molecule has 1 aromatic rings. The number of hydrogen-bond donors (Lipinski definition) is 1. The molecule has 0 bridgehead atoms. The summed E-state index contributed by atoms with van der Waals surface area (Å²) in [5.41, 5.74) is 3.59. The van der Waals surface area contributed by atoms with Crippen LogP contribution in [0.4, 0.5) is 23.2 Å². The second kappa shape index (κ2) is 4.72. The number of anilines is 1. The van der Waals surface area contributed by atoms with Gasteiger partial charge in [-0.2, -0.15) is 0 Å². The normalized spacial score (nSPS) is 12.9. The van der Waals surface area contributed by atoms with Gasteiger partial charge in [0.2, 0.25) is 0 Å². The SMILES string of the molecule is CCCC(C)c1c(F)c(N)c(F)c(F)c1F. The molecule has 0 aliphatic heterocycles. The van der Waals surface area contributed by atoms with Crippen LogP contribution < -0.4 is 5.73 Å². The van der Waals surface area contributed by atoms with Crippen molar-refractivity contribution in [1.29, 1.82) is 0 Å². The highest BCUT2D eigenvalue weighted by molar-refractivity contribution is 5.47. The first-order valence-electron chi connectivity index (χ1n) is 5.03. The van der Waals surface area contributed by atoms with E-state index in [9.17, 15) is 17.6 Å². The molecule has 16 heavy (non-hydrogen) atoms. The second-order valence-electron chi connectivity index (χ2n) is 3.77. The lowest BCUT2D eigenvalue weighted by molar-refractivity contribution is 0.419. The first-order valence-corrected chi connectivity index (χ1v) is 5.03. The summed E-state index contributed by atoms with van der Waals surface area (Å²) in [5.74, 6) is -6.59. The topological polar surface area (TPSA) is 26.0 Å². The average molecular weight is 235 g/mol. The van der Waals surface area contributed by atoms with Gasteiger partial charge in [-0.3, -0.25) is 0 Å². The quantitative estimate of drug-likeness (QED) is 0.367. The van der Waals surface area contributed by atoms with Crippen LogP contribution >= 0.6 is 0 Å². The van der Waals surface area contributed by atoms with Crippen molar-refractivity contribution in [3.63, 3.8) is 0 Å². The Kier molecular flexibility index (Phi) is 3.78. The number of hydrogen-bond acceptors (Lipinski definition) is 1. The molecule has 0 aliphatic carbocycles. The molecule has 0 heterocycles. The van der Waals surface area contributed by atoms with Crippen LogP contribution in [0.5, 0.6) is 0 Å². The first-order chi connectivity index (χ1) is 7.41. The van der Waals surface area contributed by atoms with Crippen LogP contribution in [0.25, 0.3) is 0 Å². The monoisotopic (exact) mass is 235 g/mol. The number of nitrogens with two attached hydrogens (primary N) is 1. The lowest BCUT2D eigenvalue weighted by Crippen LogP contribution is -2.10. The van der Waals surface area contributed by atoms with Crippen LogP contribution in [0.1, 0.15) is 38.2 Å². The molecule has 0 spiro atoms. The summed E-state index contributed by atoms with van der Waals surface area (Å²) in [5, 5.41) is 0. The second-order valence-corrected chi connectivity index (χ2v) is 3.77. The maximum atomic E-state index is 13.5. The van der Waals surface area contributed by atoms with Gasteiger partial charge < -0.3 is 5.73 Å².